The quantitative estimate of drug-likeness (QED) is 0.663. The smallest absolute Gasteiger partial charge is 0.243 e. The summed E-state index contributed by atoms with van der Waals surface area (Å²) in [4.78, 5) is 23.4. The topological polar surface area (TPSA) is 119 Å². The Morgan fingerprint density at radius 1 is 1.19 bits per heavy atom. The molecule has 8 nitrogen and oxygen atoms in total. The average molecular weight is 446 g/mol. The Morgan fingerprint density at radius 2 is 1.94 bits per heavy atom. The molecule has 1 N–H and O–H groups in total. The standard InChI is InChI=1S/C21H22FN3O5S/c1-31(29,30)24-15-7-4-6-14(12-15)18-13-19(16-8-2-3-9-17(16)22)25(23-18)20(26)10-5-11-21(27)28/h2-4,6-9,12,19,24H,5,10-11,13H2,1H3,(H,27,28)/p-1/t19-/m1/s1. The van der Waals surface area contributed by atoms with Gasteiger partial charge in [0.05, 0.1) is 18.0 Å². The summed E-state index contributed by atoms with van der Waals surface area (Å²) in [6.45, 7) is 0. The highest BCUT2D eigenvalue weighted by molar-refractivity contribution is 7.92. The molecule has 0 bridgehead atoms. The van der Waals surface area contributed by atoms with Crippen LogP contribution in [0, 0.1) is 5.82 Å². The minimum Gasteiger partial charge on any atom is -0.550 e. The first-order valence-corrected chi connectivity index (χ1v) is 11.5. The number of nitrogens with zero attached hydrogens (tertiary/aromatic N) is 2. The van der Waals surface area contributed by atoms with E-state index in [2.05, 4.69) is 9.82 Å². The van der Waals surface area contributed by atoms with Gasteiger partial charge in [-0.3, -0.25) is 9.52 Å². The summed E-state index contributed by atoms with van der Waals surface area (Å²) < 4.78 is 39.9. The van der Waals surface area contributed by atoms with Gasteiger partial charge in [-0.2, -0.15) is 5.10 Å². The zero-order valence-corrected chi connectivity index (χ0v) is 17.6. The van der Waals surface area contributed by atoms with Crippen molar-refractivity contribution in [3.05, 3.63) is 65.5 Å². The van der Waals surface area contributed by atoms with E-state index in [0.717, 1.165) is 6.26 Å². The molecule has 1 aliphatic heterocycles. The van der Waals surface area contributed by atoms with E-state index in [1.807, 2.05) is 0 Å². The molecule has 0 aromatic heterocycles. The van der Waals surface area contributed by atoms with Crippen LogP contribution < -0.4 is 9.83 Å². The number of carbonyl (C=O) groups excluding carboxylic acids is 2. The Morgan fingerprint density at radius 3 is 2.61 bits per heavy atom. The number of sulfonamides is 1. The maximum atomic E-state index is 14.5. The van der Waals surface area contributed by atoms with Crippen LogP contribution >= 0.6 is 0 Å². The third-order valence-electron chi connectivity index (χ3n) is 4.70. The van der Waals surface area contributed by atoms with E-state index < -0.39 is 33.8 Å². The molecule has 0 spiro atoms. The fourth-order valence-corrected chi connectivity index (χ4v) is 3.93. The van der Waals surface area contributed by atoms with Gasteiger partial charge in [0.2, 0.25) is 15.9 Å². The third-order valence-corrected chi connectivity index (χ3v) is 5.31. The minimum absolute atomic E-state index is 0.0780. The highest BCUT2D eigenvalue weighted by Gasteiger charge is 2.34. The number of hydrogen-bond acceptors (Lipinski definition) is 6. The van der Waals surface area contributed by atoms with E-state index in [4.69, 9.17) is 0 Å². The number of aliphatic carboxylic acids is 1. The van der Waals surface area contributed by atoms with Crippen molar-refractivity contribution in [2.24, 2.45) is 5.10 Å². The molecular weight excluding hydrogens is 425 g/mol. The summed E-state index contributed by atoms with van der Waals surface area (Å²) in [7, 11) is -3.48. The van der Waals surface area contributed by atoms with E-state index >= 15 is 0 Å². The lowest BCUT2D eigenvalue weighted by molar-refractivity contribution is -0.305. The molecule has 0 saturated carbocycles. The van der Waals surface area contributed by atoms with Gasteiger partial charge in [-0.25, -0.2) is 17.8 Å². The number of hydrogen-bond donors (Lipinski definition) is 1. The SMILES string of the molecule is CS(=O)(=O)Nc1cccc(C2=NN(C(=O)CCCC(=O)[O-])[C@@H](c3ccccc3F)C2)c1. The van der Waals surface area contributed by atoms with Crippen molar-refractivity contribution in [3.63, 3.8) is 0 Å². The Hall–Kier alpha value is -3.27. The molecule has 0 radical (unpaired) electrons. The van der Waals surface area contributed by atoms with E-state index in [0.29, 0.717) is 22.5 Å². The molecule has 1 amide bonds. The number of amides is 1. The van der Waals surface area contributed by atoms with E-state index in [1.54, 1.807) is 42.5 Å². The molecule has 1 heterocycles. The highest BCUT2D eigenvalue weighted by atomic mass is 32.2. The maximum Gasteiger partial charge on any atom is 0.243 e. The normalized spacial score (nSPS) is 16.1. The Labute approximate surface area is 179 Å². The first-order chi connectivity index (χ1) is 14.6. The van der Waals surface area contributed by atoms with Crippen LogP contribution in [0.1, 0.15) is 42.9 Å². The van der Waals surface area contributed by atoms with Crippen molar-refractivity contribution in [1.82, 2.24) is 5.01 Å². The molecule has 0 aliphatic carbocycles. The number of carboxylic acids is 1. The first-order valence-electron chi connectivity index (χ1n) is 9.56. The summed E-state index contributed by atoms with van der Waals surface area (Å²) in [6, 6.07) is 11.9. The van der Waals surface area contributed by atoms with Crippen molar-refractivity contribution in [2.75, 3.05) is 11.0 Å². The number of halogens is 1. The zero-order valence-electron chi connectivity index (χ0n) is 16.7. The van der Waals surface area contributed by atoms with E-state index in [-0.39, 0.29) is 25.7 Å². The van der Waals surface area contributed by atoms with Crippen LogP contribution in [-0.2, 0) is 19.6 Å². The van der Waals surface area contributed by atoms with Crippen molar-refractivity contribution in [2.45, 2.75) is 31.7 Å². The molecule has 164 valence electrons. The van der Waals surface area contributed by atoms with Crippen LogP contribution in [-0.4, -0.2) is 37.3 Å². The van der Waals surface area contributed by atoms with Crippen molar-refractivity contribution in [1.29, 1.82) is 0 Å². The lowest BCUT2D eigenvalue weighted by Gasteiger charge is -2.22. The maximum absolute atomic E-state index is 14.5. The summed E-state index contributed by atoms with van der Waals surface area (Å²) in [5.41, 5.74) is 1.70. The zero-order chi connectivity index (χ0) is 22.6. The third kappa shape index (κ3) is 5.88. The highest BCUT2D eigenvalue weighted by Crippen LogP contribution is 2.35. The van der Waals surface area contributed by atoms with Crippen LogP contribution in [0.4, 0.5) is 10.1 Å². The number of rotatable bonds is 8. The fourth-order valence-electron chi connectivity index (χ4n) is 3.38. The molecule has 1 atom stereocenters. The second kappa shape index (κ2) is 9.25. The monoisotopic (exact) mass is 446 g/mol. The molecule has 31 heavy (non-hydrogen) atoms. The van der Waals surface area contributed by atoms with E-state index in [1.165, 1.54) is 11.1 Å². The predicted octanol–water partition coefficient (Wildman–Crippen LogP) is 1.80. The molecular formula is C21H21FN3O5S-. The van der Waals surface area contributed by atoms with Crippen molar-refractivity contribution >= 4 is 33.3 Å². The van der Waals surface area contributed by atoms with Gasteiger partial charge in [0.15, 0.2) is 0 Å². The van der Waals surface area contributed by atoms with Crippen LogP contribution in [0.25, 0.3) is 0 Å². The largest absolute Gasteiger partial charge is 0.550 e. The summed E-state index contributed by atoms with van der Waals surface area (Å²) >= 11 is 0. The van der Waals surface area contributed by atoms with Gasteiger partial charge in [-0.05, 0) is 36.6 Å². The number of carboxylic acid groups (broad SMARTS) is 1. The van der Waals surface area contributed by atoms with Gasteiger partial charge < -0.3 is 9.90 Å². The summed E-state index contributed by atoms with van der Waals surface area (Å²) in [5, 5.41) is 16.2. The summed E-state index contributed by atoms with van der Waals surface area (Å²) in [5.74, 6) is -2.17. The molecule has 2 aromatic rings. The Kier molecular flexibility index (Phi) is 6.69. The molecule has 1 aliphatic rings. The van der Waals surface area contributed by atoms with Crippen LogP contribution in [0.3, 0.4) is 0 Å². The molecule has 0 saturated heterocycles. The van der Waals surface area contributed by atoms with Gasteiger partial charge in [0.25, 0.3) is 0 Å². The van der Waals surface area contributed by atoms with Crippen molar-refractivity contribution in [3.8, 4) is 0 Å². The number of carbonyl (C=O) groups is 2. The fraction of sp³-hybridized carbons (Fsp3) is 0.286. The number of hydrazone groups is 1. The number of anilines is 1. The summed E-state index contributed by atoms with van der Waals surface area (Å²) in [6.07, 6.45) is 0.995. The molecule has 3 rings (SSSR count). The van der Waals surface area contributed by atoms with Gasteiger partial charge in [0.1, 0.15) is 5.82 Å². The average Bonchev–Trinajstić information content (AvgIpc) is 3.12. The van der Waals surface area contributed by atoms with Crippen LogP contribution in [0.15, 0.2) is 53.6 Å². The lowest BCUT2D eigenvalue weighted by atomic mass is 9.97. The second-order valence-electron chi connectivity index (χ2n) is 7.21. The minimum atomic E-state index is -3.48. The predicted molar refractivity (Wildman–Crippen MR) is 111 cm³/mol. The van der Waals surface area contributed by atoms with Gasteiger partial charge >= 0.3 is 0 Å². The molecule has 0 fully saturated rings. The number of benzene rings is 2. The Balaban J connectivity index is 1.91. The Bertz CT molecular complexity index is 1130. The second-order valence-corrected chi connectivity index (χ2v) is 8.96. The molecule has 2 aromatic carbocycles. The van der Waals surface area contributed by atoms with Crippen LogP contribution in [0.5, 0.6) is 0 Å². The van der Waals surface area contributed by atoms with Crippen molar-refractivity contribution < 1.29 is 27.5 Å². The lowest BCUT2D eigenvalue weighted by Crippen LogP contribution is -2.28. The number of nitrogens with one attached hydrogen (secondary N) is 1. The van der Waals surface area contributed by atoms with Gasteiger partial charge in [0, 0.05) is 30.1 Å². The van der Waals surface area contributed by atoms with Gasteiger partial charge in [-0.15, -0.1) is 0 Å². The first kappa shape index (κ1) is 22.4. The van der Waals surface area contributed by atoms with Gasteiger partial charge in [-0.1, -0.05) is 30.3 Å². The molecule has 0 unspecified atom stereocenters. The molecule has 10 heteroatoms. The van der Waals surface area contributed by atoms with Crippen LogP contribution in [0.2, 0.25) is 0 Å². The van der Waals surface area contributed by atoms with E-state index in [9.17, 15) is 27.5 Å².